The van der Waals surface area contributed by atoms with Crippen molar-refractivity contribution in [3.05, 3.63) is 77.4 Å². The Balaban J connectivity index is 1.35. The molecule has 1 aromatic heterocycles. The SMILES string of the molecule is CC1CN(c2nc(Cc3ccc(F)cc3)ns2)CCN1C(=O)Cc1ccccc1. The highest BCUT2D eigenvalue weighted by atomic mass is 32.1. The first-order chi connectivity index (χ1) is 14.1. The Hall–Kier alpha value is -2.80. The van der Waals surface area contributed by atoms with E-state index in [0.717, 1.165) is 35.2 Å². The van der Waals surface area contributed by atoms with Crippen LogP contribution in [-0.2, 0) is 17.6 Å². The molecule has 3 aromatic rings. The molecule has 150 valence electrons. The van der Waals surface area contributed by atoms with E-state index < -0.39 is 0 Å². The predicted molar refractivity (Wildman–Crippen MR) is 113 cm³/mol. The van der Waals surface area contributed by atoms with Gasteiger partial charge >= 0.3 is 0 Å². The minimum absolute atomic E-state index is 0.115. The fourth-order valence-corrected chi connectivity index (χ4v) is 4.32. The van der Waals surface area contributed by atoms with Crippen LogP contribution in [0.15, 0.2) is 54.6 Å². The number of nitrogens with zero attached hydrogens (tertiary/aromatic N) is 4. The zero-order valence-corrected chi connectivity index (χ0v) is 17.1. The Labute approximate surface area is 174 Å². The molecule has 7 heteroatoms. The monoisotopic (exact) mass is 410 g/mol. The van der Waals surface area contributed by atoms with E-state index in [1.165, 1.54) is 23.7 Å². The summed E-state index contributed by atoms with van der Waals surface area (Å²) in [5.41, 5.74) is 2.03. The Morgan fingerprint density at radius 1 is 1.10 bits per heavy atom. The molecule has 0 saturated carbocycles. The van der Waals surface area contributed by atoms with E-state index in [4.69, 9.17) is 0 Å². The minimum atomic E-state index is -0.241. The first kappa shape index (κ1) is 19.5. The van der Waals surface area contributed by atoms with Gasteiger partial charge in [0, 0.05) is 43.6 Å². The van der Waals surface area contributed by atoms with Gasteiger partial charge in [-0.1, -0.05) is 42.5 Å². The minimum Gasteiger partial charge on any atom is -0.343 e. The molecule has 1 unspecified atom stereocenters. The topological polar surface area (TPSA) is 49.3 Å². The maximum Gasteiger partial charge on any atom is 0.227 e. The van der Waals surface area contributed by atoms with Gasteiger partial charge in [-0.2, -0.15) is 4.37 Å². The van der Waals surface area contributed by atoms with E-state index >= 15 is 0 Å². The molecule has 1 aliphatic rings. The molecule has 0 spiro atoms. The summed E-state index contributed by atoms with van der Waals surface area (Å²) in [5, 5.41) is 0.879. The van der Waals surface area contributed by atoms with Crippen LogP contribution in [0.5, 0.6) is 0 Å². The molecule has 0 aliphatic carbocycles. The van der Waals surface area contributed by atoms with E-state index in [0.29, 0.717) is 19.4 Å². The molecule has 1 fully saturated rings. The van der Waals surface area contributed by atoms with Gasteiger partial charge in [0.05, 0.1) is 6.42 Å². The number of aromatic nitrogens is 2. The molecule has 1 aliphatic heterocycles. The van der Waals surface area contributed by atoms with Crippen LogP contribution in [0.1, 0.15) is 23.9 Å². The average molecular weight is 411 g/mol. The number of piperazine rings is 1. The van der Waals surface area contributed by atoms with Crippen LogP contribution in [0.4, 0.5) is 9.52 Å². The lowest BCUT2D eigenvalue weighted by molar-refractivity contribution is -0.132. The van der Waals surface area contributed by atoms with Crippen LogP contribution < -0.4 is 4.90 Å². The van der Waals surface area contributed by atoms with Crippen LogP contribution >= 0.6 is 11.5 Å². The second-order valence-corrected chi connectivity index (χ2v) is 8.07. The summed E-state index contributed by atoms with van der Waals surface area (Å²) >= 11 is 1.38. The third-order valence-electron chi connectivity index (χ3n) is 5.15. The number of benzene rings is 2. The van der Waals surface area contributed by atoms with Crippen LogP contribution in [0.3, 0.4) is 0 Å². The maximum atomic E-state index is 13.1. The van der Waals surface area contributed by atoms with Crippen molar-refractivity contribution in [2.75, 3.05) is 24.5 Å². The summed E-state index contributed by atoms with van der Waals surface area (Å²) in [7, 11) is 0. The lowest BCUT2D eigenvalue weighted by Crippen LogP contribution is -2.54. The first-order valence-electron chi connectivity index (χ1n) is 9.74. The van der Waals surface area contributed by atoms with Crippen LogP contribution in [-0.4, -0.2) is 45.8 Å². The van der Waals surface area contributed by atoms with Gasteiger partial charge in [0.2, 0.25) is 11.0 Å². The number of rotatable bonds is 5. The number of halogens is 1. The Morgan fingerprint density at radius 3 is 2.59 bits per heavy atom. The van der Waals surface area contributed by atoms with Gasteiger partial charge in [-0.05, 0) is 30.2 Å². The molecule has 2 aromatic carbocycles. The normalized spacial score (nSPS) is 16.8. The molecule has 0 bridgehead atoms. The van der Waals surface area contributed by atoms with E-state index in [2.05, 4.69) is 21.2 Å². The molecule has 1 saturated heterocycles. The largest absolute Gasteiger partial charge is 0.343 e. The smallest absolute Gasteiger partial charge is 0.227 e. The van der Waals surface area contributed by atoms with E-state index in [-0.39, 0.29) is 17.8 Å². The summed E-state index contributed by atoms with van der Waals surface area (Å²) in [4.78, 5) is 21.5. The van der Waals surface area contributed by atoms with Crippen molar-refractivity contribution in [1.82, 2.24) is 14.3 Å². The quantitative estimate of drug-likeness (QED) is 0.646. The highest BCUT2D eigenvalue weighted by Gasteiger charge is 2.28. The van der Waals surface area contributed by atoms with Gasteiger partial charge in [-0.15, -0.1) is 0 Å². The second-order valence-electron chi connectivity index (χ2n) is 7.34. The number of hydrogen-bond donors (Lipinski definition) is 0. The molecule has 0 N–H and O–H groups in total. The fraction of sp³-hybridized carbons (Fsp3) is 0.318. The zero-order valence-electron chi connectivity index (χ0n) is 16.3. The molecule has 5 nitrogen and oxygen atoms in total. The number of carbonyl (C=O) groups is 1. The van der Waals surface area contributed by atoms with Crippen LogP contribution in [0.2, 0.25) is 0 Å². The molecular formula is C22H23FN4OS. The van der Waals surface area contributed by atoms with Crippen LogP contribution in [0, 0.1) is 5.82 Å². The summed E-state index contributed by atoms with van der Waals surface area (Å²) < 4.78 is 17.5. The number of carbonyl (C=O) groups excluding carboxylic acids is 1. The first-order valence-corrected chi connectivity index (χ1v) is 10.5. The number of amides is 1. The van der Waals surface area contributed by atoms with E-state index in [9.17, 15) is 9.18 Å². The lowest BCUT2D eigenvalue weighted by Gasteiger charge is -2.39. The van der Waals surface area contributed by atoms with Gasteiger partial charge in [0.25, 0.3) is 0 Å². The predicted octanol–water partition coefficient (Wildman–Crippen LogP) is 3.55. The zero-order chi connectivity index (χ0) is 20.2. The number of anilines is 1. The van der Waals surface area contributed by atoms with Crippen LogP contribution in [0.25, 0.3) is 0 Å². The maximum absolute atomic E-state index is 13.1. The van der Waals surface area contributed by atoms with Gasteiger partial charge in [-0.25, -0.2) is 9.37 Å². The Kier molecular flexibility index (Phi) is 5.85. The highest BCUT2D eigenvalue weighted by molar-refractivity contribution is 7.09. The van der Waals surface area contributed by atoms with Crippen molar-refractivity contribution < 1.29 is 9.18 Å². The van der Waals surface area contributed by atoms with Crippen molar-refractivity contribution in [1.29, 1.82) is 0 Å². The average Bonchev–Trinajstić information content (AvgIpc) is 3.19. The molecule has 4 rings (SSSR count). The third kappa shape index (κ3) is 4.79. The van der Waals surface area contributed by atoms with Gasteiger partial charge in [0.1, 0.15) is 11.6 Å². The molecule has 1 amide bonds. The lowest BCUT2D eigenvalue weighted by atomic mass is 10.1. The summed E-state index contributed by atoms with van der Waals surface area (Å²) in [6.45, 7) is 4.25. The van der Waals surface area contributed by atoms with Gasteiger partial charge < -0.3 is 9.80 Å². The molecule has 1 atom stereocenters. The fourth-order valence-electron chi connectivity index (χ4n) is 3.60. The summed E-state index contributed by atoms with van der Waals surface area (Å²) in [6.07, 6.45) is 1.02. The van der Waals surface area contributed by atoms with Gasteiger partial charge in [0.15, 0.2) is 0 Å². The van der Waals surface area contributed by atoms with Crippen molar-refractivity contribution >= 4 is 22.6 Å². The molecule has 29 heavy (non-hydrogen) atoms. The van der Waals surface area contributed by atoms with Gasteiger partial charge in [-0.3, -0.25) is 4.79 Å². The molecular weight excluding hydrogens is 387 g/mol. The van der Waals surface area contributed by atoms with E-state index in [1.54, 1.807) is 12.1 Å². The highest BCUT2D eigenvalue weighted by Crippen LogP contribution is 2.23. The Bertz CT molecular complexity index is 960. The standard InChI is InChI=1S/C22H23FN4OS/c1-16-15-26(11-12-27(16)21(28)14-17-5-3-2-4-6-17)22-24-20(25-29-22)13-18-7-9-19(23)10-8-18/h2-10,16H,11-15H2,1H3. The summed E-state index contributed by atoms with van der Waals surface area (Å²) in [5.74, 6) is 0.666. The Morgan fingerprint density at radius 2 is 1.86 bits per heavy atom. The van der Waals surface area contributed by atoms with Crippen molar-refractivity contribution in [2.45, 2.75) is 25.8 Å². The molecule has 0 radical (unpaired) electrons. The van der Waals surface area contributed by atoms with Crippen molar-refractivity contribution in [3.8, 4) is 0 Å². The summed E-state index contributed by atoms with van der Waals surface area (Å²) in [6, 6.07) is 16.4. The third-order valence-corrected chi connectivity index (χ3v) is 5.96. The second kappa shape index (κ2) is 8.69. The molecule has 2 heterocycles. The van der Waals surface area contributed by atoms with Crippen molar-refractivity contribution in [2.24, 2.45) is 0 Å². The van der Waals surface area contributed by atoms with E-state index in [1.807, 2.05) is 35.2 Å². The number of hydrogen-bond acceptors (Lipinski definition) is 5. The van der Waals surface area contributed by atoms with Crippen molar-refractivity contribution in [3.63, 3.8) is 0 Å².